The summed E-state index contributed by atoms with van der Waals surface area (Å²) in [5, 5.41) is 14.3. The van der Waals surface area contributed by atoms with Crippen molar-refractivity contribution >= 4 is 28.4 Å². The van der Waals surface area contributed by atoms with E-state index >= 15 is 0 Å². The van der Waals surface area contributed by atoms with Crippen molar-refractivity contribution < 1.29 is 14.7 Å². The normalized spacial score (nSPS) is 17.2. The zero-order valence-electron chi connectivity index (χ0n) is 16.1. The molecule has 8 nitrogen and oxygen atoms in total. The first-order valence-corrected chi connectivity index (χ1v) is 9.52. The number of aromatic amines is 1. The second kappa shape index (κ2) is 7.92. The second-order valence-corrected chi connectivity index (χ2v) is 7.11. The van der Waals surface area contributed by atoms with Crippen LogP contribution in [0, 0.1) is 0 Å². The van der Waals surface area contributed by atoms with Crippen molar-refractivity contribution in [3.8, 4) is 0 Å². The van der Waals surface area contributed by atoms with Crippen LogP contribution < -0.4 is 5.32 Å². The monoisotopic (exact) mass is 393 g/mol. The summed E-state index contributed by atoms with van der Waals surface area (Å²) in [6.45, 7) is 1.05. The predicted molar refractivity (Wildman–Crippen MR) is 110 cm³/mol. The molecule has 29 heavy (non-hydrogen) atoms. The van der Waals surface area contributed by atoms with Gasteiger partial charge in [0.15, 0.2) is 0 Å². The van der Waals surface area contributed by atoms with E-state index in [-0.39, 0.29) is 24.9 Å². The number of nitrogens with one attached hydrogen (secondary N) is 2. The topological polar surface area (TPSA) is 102 Å². The molecule has 4 rings (SSSR count). The lowest BCUT2D eigenvalue weighted by Gasteiger charge is -2.22. The summed E-state index contributed by atoms with van der Waals surface area (Å²) in [5.74, 6) is -0.357. The maximum absolute atomic E-state index is 13.1. The first kappa shape index (κ1) is 18.9. The summed E-state index contributed by atoms with van der Waals surface area (Å²) in [6.07, 6.45) is 4.16. The van der Waals surface area contributed by atoms with Gasteiger partial charge in [0, 0.05) is 62.3 Å². The van der Waals surface area contributed by atoms with Gasteiger partial charge >= 0.3 is 0 Å². The van der Waals surface area contributed by atoms with Crippen LogP contribution in [0.15, 0.2) is 48.9 Å². The number of benzene rings is 1. The van der Waals surface area contributed by atoms with Crippen molar-refractivity contribution in [1.29, 1.82) is 0 Å². The lowest BCUT2D eigenvalue weighted by Crippen LogP contribution is -2.37. The third-order valence-electron chi connectivity index (χ3n) is 5.20. The van der Waals surface area contributed by atoms with Gasteiger partial charge in [0.2, 0.25) is 0 Å². The Hall–Kier alpha value is -3.39. The van der Waals surface area contributed by atoms with Crippen LogP contribution in [0.1, 0.15) is 20.7 Å². The second-order valence-electron chi connectivity index (χ2n) is 7.11. The Balaban J connectivity index is 1.51. The van der Waals surface area contributed by atoms with E-state index in [4.69, 9.17) is 0 Å². The van der Waals surface area contributed by atoms with Crippen molar-refractivity contribution in [3.05, 3.63) is 60.0 Å². The van der Waals surface area contributed by atoms with E-state index in [2.05, 4.69) is 15.3 Å². The summed E-state index contributed by atoms with van der Waals surface area (Å²) in [6, 6.07) is 9.02. The number of pyridine rings is 1. The maximum atomic E-state index is 13.1. The van der Waals surface area contributed by atoms with Gasteiger partial charge in [0.25, 0.3) is 11.8 Å². The van der Waals surface area contributed by atoms with E-state index in [1.807, 2.05) is 25.2 Å². The number of fused-ring (bicyclic) bond motifs is 1. The molecule has 0 radical (unpaired) electrons. The Bertz CT molecular complexity index is 1030. The van der Waals surface area contributed by atoms with Gasteiger partial charge in [-0.2, -0.15) is 0 Å². The van der Waals surface area contributed by atoms with Gasteiger partial charge in [-0.25, -0.2) is 0 Å². The van der Waals surface area contributed by atoms with E-state index in [9.17, 15) is 14.7 Å². The number of nitrogens with zero attached hydrogens (tertiary/aromatic N) is 3. The molecule has 1 aromatic carbocycles. The summed E-state index contributed by atoms with van der Waals surface area (Å²) in [7, 11) is 1.82. The molecule has 1 aliphatic rings. The molecule has 0 bridgehead atoms. The van der Waals surface area contributed by atoms with E-state index in [0.717, 1.165) is 16.6 Å². The number of β-amino-alcohol motifs (C(OH)–C–C–N with tert-alkyl or cyclic N) is 1. The largest absolute Gasteiger partial charge is 0.389 e. The van der Waals surface area contributed by atoms with Crippen molar-refractivity contribution in [2.75, 3.05) is 38.5 Å². The molecule has 1 aliphatic heterocycles. The van der Waals surface area contributed by atoms with Gasteiger partial charge < -0.3 is 25.2 Å². The molecule has 1 atom stereocenters. The molecule has 1 unspecified atom stereocenters. The average Bonchev–Trinajstić information content (AvgIpc) is 3.15. The predicted octanol–water partition coefficient (Wildman–Crippen LogP) is 1.56. The van der Waals surface area contributed by atoms with Crippen LogP contribution in [-0.2, 0) is 0 Å². The number of anilines is 1. The first-order chi connectivity index (χ1) is 14.1. The highest BCUT2D eigenvalue weighted by molar-refractivity contribution is 6.06. The highest BCUT2D eigenvalue weighted by Gasteiger charge is 2.28. The maximum Gasteiger partial charge on any atom is 0.256 e. The summed E-state index contributed by atoms with van der Waals surface area (Å²) < 4.78 is 0. The number of rotatable bonds is 3. The van der Waals surface area contributed by atoms with Crippen molar-refractivity contribution in [2.45, 2.75) is 6.10 Å². The fourth-order valence-corrected chi connectivity index (χ4v) is 3.64. The van der Waals surface area contributed by atoms with Crippen LogP contribution in [0.2, 0.25) is 0 Å². The standard InChI is InChI=1S/C21H23N5O3/c1-22-15-4-2-14(3-5-15)20(28)25-8-9-26(13-16(27)12-25)21(29)18-10-23-11-19-17(18)6-7-24-19/h2-7,10-11,16,22,24,27H,8-9,12-13H2,1H3. The number of hydrogen-bond acceptors (Lipinski definition) is 5. The van der Waals surface area contributed by atoms with Crippen LogP contribution in [0.25, 0.3) is 10.9 Å². The number of H-pyrrole nitrogens is 1. The molecule has 8 heteroatoms. The minimum atomic E-state index is -0.819. The van der Waals surface area contributed by atoms with Crippen molar-refractivity contribution in [3.63, 3.8) is 0 Å². The van der Waals surface area contributed by atoms with Crippen molar-refractivity contribution in [2.24, 2.45) is 0 Å². The summed E-state index contributed by atoms with van der Waals surface area (Å²) in [5.41, 5.74) is 2.74. The van der Waals surface area contributed by atoms with Gasteiger partial charge in [0.05, 0.1) is 23.4 Å². The quantitative estimate of drug-likeness (QED) is 0.627. The average molecular weight is 393 g/mol. The van der Waals surface area contributed by atoms with Gasteiger partial charge in [0.1, 0.15) is 0 Å². The van der Waals surface area contributed by atoms with Gasteiger partial charge in [-0.3, -0.25) is 14.6 Å². The highest BCUT2D eigenvalue weighted by Crippen LogP contribution is 2.19. The van der Waals surface area contributed by atoms with E-state index < -0.39 is 6.10 Å². The summed E-state index contributed by atoms with van der Waals surface area (Å²) in [4.78, 5) is 36.3. The minimum absolute atomic E-state index is 0.157. The molecular weight excluding hydrogens is 370 g/mol. The molecular formula is C21H23N5O3. The molecule has 0 spiro atoms. The van der Waals surface area contributed by atoms with E-state index in [0.29, 0.717) is 24.2 Å². The number of hydrogen-bond donors (Lipinski definition) is 3. The fraction of sp³-hybridized carbons (Fsp3) is 0.286. The Labute approximate surface area is 168 Å². The molecule has 0 aliphatic carbocycles. The van der Waals surface area contributed by atoms with Crippen molar-refractivity contribution in [1.82, 2.24) is 19.8 Å². The number of aromatic nitrogens is 2. The first-order valence-electron chi connectivity index (χ1n) is 9.52. The van der Waals surface area contributed by atoms with Gasteiger partial charge in [-0.1, -0.05) is 0 Å². The molecule has 3 aromatic rings. The highest BCUT2D eigenvalue weighted by atomic mass is 16.3. The third kappa shape index (κ3) is 3.79. The van der Waals surface area contributed by atoms with E-state index in [1.165, 1.54) is 0 Å². The van der Waals surface area contributed by atoms with Crippen LogP contribution >= 0.6 is 0 Å². The number of aliphatic hydroxyl groups excluding tert-OH is 1. The number of carbonyl (C=O) groups excluding carboxylic acids is 2. The Morgan fingerprint density at radius 2 is 1.76 bits per heavy atom. The molecule has 1 saturated heterocycles. The lowest BCUT2D eigenvalue weighted by atomic mass is 10.1. The minimum Gasteiger partial charge on any atom is -0.389 e. The molecule has 0 saturated carbocycles. The van der Waals surface area contributed by atoms with E-state index in [1.54, 1.807) is 40.5 Å². The van der Waals surface area contributed by atoms with Crippen LogP contribution in [0.4, 0.5) is 5.69 Å². The van der Waals surface area contributed by atoms with Crippen LogP contribution in [0.3, 0.4) is 0 Å². The van der Waals surface area contributed by atoms with Crippen LogP contribution in [0.5, 0.6) is 0 Å². The lowest BCUT2D eigenvalue weighted by molar-refractivity contribution is 0.0632. The molecule has 2 aromatic heterocycles. The van der Waals surface area contributed by atoms with Crippen LogP contribution in [-0.4, -0.2) is 76.0 Å². The van der Waals surface area contributed by atoms with Gasteiger partial charge in [-0.15, -0.1) is 0 Å². The zero-order valence-corrected chi connectivity index (χ0v) is 16.1. The number of amides is 2. The molecule has 1 fully saturated rings. The molecule has 3 heterocycles. The molecule has 3 N–H and O–H groups in total. The van der Waals surface area contributed by atoms with Gasteiger partial charge in [-0.05, 0) is 30.3 Å². The third-order valence-corrected chi connectivity index (χ3v) is 5.20. The zero-order chi connectivity index (χ0) is 20.4. The smallest absolute Gasteiger partial charge is 0.256 e. The molecule has 150 valence electrons. The SMILES string of the molecule is CNc1ccc(C(=O)N2CCN(C(=O)c3cncc4[nH]ccc34)CC(O)C2)cc1. The molecule has 2 amide bonds. The number of carbonyl (C=O) groups is 2. The Morgan fingerprint density at radius 3 is 2.45 bits per heavy atom. The summed E-state index contributed by atoms with van der Waals surface area (Å²) >= 11 is 0. The number of aliphatic hydroxyl groups is 1. The Kier molecular flexibility index (Phi) is 5.18. The Morgan fingerprint density at radius 1 is 1.07 bits per heavy atom. The fourth-order valence-electron chi connectivity index (χ4n) is 3.64.